The predicted molar refractivity (Wildman–Crippen MR) is 49.8 cm³/mol. The molecule has 3 saturated carbocycles. The summed E-state index contributed by atoms with van der Waals surface area (Å²) < 4.78 is 0. The molecule has 0 aromatic heterocycles. The summed E-state index contributed by atoms with van der Waals surface area (Å²) in [5.41, 5.74) is 0. The summed E-state index contributed by atoms with van der Waals surface area (Å²) in [6.07, 6.45) is 5.09. The second-order valence-corrected chi connectivity index (χ2v) is 5.04. The van der Waals surface area contributed by atoms with E-state index in [-0.39, 0.29) is 6.10 Å². The third-order valence-electron chi connectivity index (χ3n) is 4.03. The second-order valence-electron chi connectivity index (χ2n) is 5.04. The third-order valence-corrected chi connectivity index (χ3v) is 4.03. The van der Waals surface area contributed by atoms with Crippen molar-refractivity contribution in [3.63, 3.8) is 0 Å². The van der Waals surface area contributed by atoms with E-state index >= 15 is 0 Å². The number of aliphatic hydroxyl groups excluding tert-OH is 1. The monoisotopic (exact) mass is 168 g/mol. The molecule has 0 radical (unpaired) electrons. The van der Waals surface area contributed by atoms with Crippen LogP contribution in [0.15, 0.2) is 0 Å². The lowest BCUT2D eigenvalue weighted by Crippen LogP contribution is -2.42. The van der Waals surface area contributed by atoms with E-state index < -0.39 is 0 Å². The molecule has 0 aromatic carbocycles. The first-order valence-electron chi connectivity index (χ1n) is 5.36. The summed E-state index contributed by atoms with van der Waals surface area (Å²) in [5.74, 6) is 3.21. The molecule has 0 heterocycles. The molecular weight excluding hydrogens is 148 g/mol. The molecule has 1 heteroatoms. The Hall–Kier alpha value is -0.0400. The van der Waals surface area contributed by atoms with Gasteiger partial charge in [-0.1, -0.05) is 13.8 Å². The molecule has 1 N–H and O–H groups in total. The Bertz CT molecular complexity index is 164. The van der Waals surface area contributed by atoms with Crippen molar-refractivity contribution in [2.75, 3.05) is 0 Å². The largest absolute Gasteiger partial charge is 0.393 e. The normalized spacial score (nSPS) is 47.0. The van der Waals surface area contributed by atoms with Gasteiger partial charge in [0.25, 0.3) is 0 Å². The molecule has 0 aliphatic heterocycles. The average Bonchev–Trinajstić information content (AvgIpc) is 2.04. The van der Waals surface area contributed by atoms with Crippen LogP contribution in [0.2, 0.25) is 0 Å². The van der Waals surface area contributed by atoms with Gasteiger partial charge >= 0.3 is 0 Å². The zero-order valence-electron chi connectivity index (χ0n) is 8.16. The number of fused-ring (bicyclic) bond motifs is 3. The minimum atomic E-state index is 0.0405. The summed E-state index contributed by atoms with van der Waals surface area (Å²) in [5, 5.41) is 9.70. The predicted octanol–water partition coefficient (Wildman–Crippen LogP) is 2.44. The second kappa shape index (κ2) is 3.02. The van der Waals surface area contributed by atoms with E-state index in [0.29, 0.717) is 5.92 Å². The van der Waals surface area contributed by atoms with Gasteiger partial charge in [0.1, 0.15) is 0 Å². The van der Waals surface area contributed by atoms with E-state index in [4.69, 9.17) is 0 Å². The minimum Gasteiger partial charge on any atom is -0.393 e. The van der Waals surface area contributed by atoms with Crippen LogP contribution in [0.25, 0.3) is 0 Å². The van der Waals surface area contributed by atoms with Gasteiger partial charge in [-0.2, -0.15) is 0 Å². The molecule has 2 bridgehead atoms. The Morgan fingerprint density at radius 2 is 1.75 bits per heavy atom. The zero-order chi connectivity index (χ0) is 8.72. The first kappa shape index (κ1) is 8.55. The number of hydrogen-bond acceptors (Lipinski definition) is 1. The van der Waals surface area contributed by atoms with Crippen molar-refractivity contribution in [2.24, 2.45) is 23.7 Å². The van der Waals surface area contributed by atoms with Crippen LogP contribution in [0.4, 0.5) is 0 Å². The minimum absolute atomic E-state index is 0.0405. The first-order chi connectivity index (χ1) is 5.68. The van der Waals surface area contributed by atoms with Crippen LogP contribution < -0.4 is 0 Å². The molecule has 3 fully saturated rings. The van der Waals surface area contributed by atoms with Crippen LogP contribution in [0.5, 0.6) is 0 Å². The van der Waals surface area contributed by atoms with E-state index in [1.165, 1.54) is 19.3 Å². The molecule has 4 atom stereocenters. The van der Waals surface area contributed by atoms with Crippen LogP contribution in [-0.4, -0.2) is 11.2 Å². The molecule has 3 rings (SSSR count). The van der Waals surface area contributed by atoms with Crippen molar-refractivity contribution in [1.29, 1.82) is 0 Å². The third kappa shape index (κ3) is 1.28. The molecule has 1 nitrogen and oxygen atoms in total. The van der Waals surface area contributed by atoms with Crippen molar-refractivity contribution in [3.8, 4) is 0 Å². The highest BCUT2D eigenvalue weighted by Crippen LogP contribution is 2.47. The van der Waals surface area contributed by atoms with Crippen molar-refractivity contribution < 1.29 is 5.11 Å². The van der Waals surface area contributed by atoms with Crippen LogP contribution in [0.3, 0.4) is 0 Å². The van der Waals surface area contributed by atoms with Crippen molar-refractivity contribution in [3.05, 3.63) is 0 Å². The molecule has 3 aliphatic rings. The van der Waals surface area contributed by atoms with Gasteiger partial charge in [-0.25, -0.2) is 0 Å². The number of rotatable bonds is 1. The van der Waals surface area contributed by atoms with E-state index in [1.807, 2.05) is 0 Å². The van der Waals surface area contributed by atoms with Gasteiger partial charge in [0, 0.05) is 0 Å². The first-order valence-corrected chi connectivity index (χ1v) is 5.36. The van der Waals surface area contributed by atoms with Gasteiger partial charge in [-0.05, 0) is 49.4 Å². The lowest BCUT2D eigenvalue weighted by molar-refractivity contribution is -0.0432. The Balaban J connectivity index is 2.05. The maximum atomic E-state index is 9.70. The molecule has 12 heavy (non-hydrogen) atoms. The van der Waals surface area contributed by atoms with Crippen LogP contribution in [0.1, 0.15) is 39.5 Å². The summed E-state index contributed by atoms with van der Waals surface area (Å²) in [4.78, 5) is 0. The molecule has 3 aliphatic carbocycles. The highest BCUT2D eigenvalue weighted by Gasteiger charge is 2.41. The highest BCUT2D eigenvalue weighted by molar-refractivity contribution is 4.92. The molecule has 0 aromatic rings. The fraction of sp³-hybridized carbons (Fsp3) is 1.00. The fourth-order valence-corrected chi connectivity index (χ4v) is 3.26. The molecule has 0 amide bonds. The van der Waals surface area contributed by atoms with Crippen LogP contribution in [0, 0.1) is 23.7 Å². The lowest BCUT2D eigenvalue weighted by atomic mass is 9.60. The summed E-state index contributed by atoms with van der Waals surface area (Å²) in [6, 6.07) is 0. The van der Waals surface area contributed by atoms with Crippen molar-refractivity contribution in [2.45, 2.75) is 45.6 Å². The molecular formula is C11H20O. The fourth-order valence-electron chi connectivity index (χ4n) is 3.26. The van der Waals surface area contributed by atoms with Gasteiger partial charge in [-0.15, -0.1) is 0 Å². The number of hydrogen-bond donors (Lipinski definition) is 1. The van der Waals surface area contributed by atoms with Gasteiger partial charge in [0.05, 0.1) is 6.10 Å². The maximum Gasteiger partial charge on any atom is 0.0571 e. The highest BCUT2D eigenvalue weighted by atomic mass is 16.3. The Morgan fingerprint density at radius 3 is 2.17 bits per heavy atom. The van der Waals surface area contributed by atoms with E-state index in [2.05, 4.69) is 13.8 Å². The summed E-state index contributed by atoms with van der Waals surface area (Å²) in [7, 11) is 0. The summed E-state index contributed by atoms with van der Waals surface area (Å²) in [6.45, 7) is 4.66. The van der Waals surface area contributed by atoms with Gasteiger partial charge in [0.15, 0.2) is 0 Å². The molecule has 4 unspecified atom stereocenters. The van der Waals surface area contributed by atoms with E-state index in [1.54, 1.807) is 0 Å². The summed E-state index contributed by atoms with van der Waals surface area (Å²) >= 11 is 0. The van der Waals surface area contributed by atoms with Gasteiger partial charge in [0.2, 0.25) is 0 Å². The van der Waals surface area contributed by atoms with Crippen LogP contribution in [-0.2, 0) is 0 Å². The number of aliphatic hydroxyl groups is 1. The van der Waals surface area contributed by atoms with Crippen molar-refractivity contribution >= 4 is 0 Å². The van der Waals surface area contributed by atoms with Gasteiger partial charge < -0.3 is 5.11 Å². The smallest absolute Gasteiger partial charge is 0.0571 e. The van der Waals surface area contributed by atoms with Crippen LogP contribution >= 0.6 is 0 Å². The standard InChI is InChI=1S/C11H20O/c1-7(2)10-5-9-4-3-8(10)6-11(9)12/h7-12H,3-6H2,1-2H3. The quantitative estimate of drug-likeness (QED) is 0.637. The van der Waals surface area contributed by atoms with Crippen molar-refractivity contribution in [1.82, 2.24) is 0 Å². The Labute approximate surface area is 75.2 Å². The molecule has 70 valence electrons. The Morgan fingerprint density at radius 1 is 1.08 bits per heavy atom. The van der Waals surface area contributed by atoms with E-state index in [9.17, 15) is 5.11 Å². The zero-order valence-corrected chi connectivity index (χ0v) is 8.16. The lowest BCUT2D eigenvalue weighted by Gasteiger charge is -2.47. The average molecular weight is 168 g/mol. The topological polar surface area (TPSA) is 20.2 Å². The molecule has 0 spiro atoms. The van der Waals surface area contributed by atoms with Gasteiger partial charge in [-0.3, -0.25) is 0 Å². The maximum absolute atomic E-state index is 9.70. The van der Waals surface area contributed by atoms with E-state index in [0.717, 1.165) is 24.2 Å². The molecule has 0 saturated heterocycles. The SMILES string of the molecule is CC(C)C1CC2CCC1CC2O. The Kier molecular flexibility index (Phi) is 2.16.